The number of rotatable bonds is 4. The predicted octanol–water partition coefficient (Wildman–Crippen LogP) is 2.55. The Kier molecular flexibility index (Phi) is 4.63. The molecule has 3 aromatic heterocycles. The van der Waals surface area contributed by atoms with E-state index in [4.69, 9.17) is 4.74 Å². The second kappa shape index (κ2) is 7.24. The van der Waals surface area contributed by atoms with E-state index in [1.54, 1.807) is 35.2 Å². The Morgan fingerprint density at radius 1 is 1.26 bits per heavy atom. The van der Waals surface area contributed by atoms with Gasteiger partial charge in [0.1, 0.15) is 16.3 Å². The number of sulfonamides is 1. The molecule has 0 unspecified atom stereocenters. The number of aryl methyl sites for hydroxylation is 1. The molecule has 2 N–H and O–H groups in total. The van der Waals surface area contributed by atoms with Crippen molar-refractivity contribution in [2.45, 2.75) is 30.7 Å². The zero-order valence-electron chi connectivity index (χ0n) is 17.3. The van der Waals surface area contributed by atoms with Gasteiger partial charge in [-0.05, 0) is 43.5 Å². The van der Waals surface area contributed by atoms with Crippen LogP contribution in [0, 0.1) is 6.92 Å². The third kappa shape index (κ3) is 3.14. The fourth-order valence-corrected chi connectivity index (χ4v) is 6.10. The molecule has 0 aliphatic carbocycles. The van der Waals surface area contributed by atoms with E-state index < -0.39 is 10.0 Å². The number of fused-ring (bicyclic) bond motifs is 3. The summed E-state index contributed by atoms with van der Waals surface area (Å²) < 4.78 is 35.4. The minimum atomic E-state index is -3.78. The number of methoxy groups -OCH3 is 1. The number of imidazole rings is 1. The van der Waals surface area contributed by atoms with Crippen molar-refractivity contribution >= 4 is 32.1 Å². The second-order valence-electron chi connectivity index (χ2n) is 7.87. The van der Waals surface area contributed by atoms with Crippen molar-refractivity contribution in [2.24, 2.45) is 0 Å². The lowest BCUT2D eigenvalue weighted by molar-refractivity contribution is 0.266. The van der Waals surface area contributed by atoms with Gasteiger partial charge >= 0.3 is 5.69 Å². The lowest BCUT2D eigenvalue weighted by Gasteiger charge is -2.32. The molecule has 10 heteroatoms. The molecule has 1 aromatic carbocycles. The van der Waals surface area contributed by atoms with Gasteiger partial charge in [-0.25, -0.2) is 18.2 Å². The van der Waals surface area contributed by atoms with E-state index in [1.165, 1.54) is 11.4 Å². The number of hydrogen-bond acceptors (Lipinski definition) is 5. The van der Waals surface area contributed by atoms with Crippen molar-refractivity contribution in [3.63, 3.8) is 0 Å². The lowest BCUT2D eigenvalue weighted by atomic mass is 10.1. The molecular formula is C21H23N5O4S. The van der Waals surface area contributed by atoms with Crippen LogP contribution in [0.4, 0.5) is 0 Å². The molecule has 4 aromatic rings. The number of nitrogens with one attached hydrogen (secondary N) is 2. The van der Waals surface area contributed by atoms with Crippen LogP contribution >= 0.6 is 0 Å². The normalized spacial score (nSPS) is 18.1. The van der Waals surface area contributed by atoms with Gasteiger partial charge < -0.3 is 14.7 Å². The number of piperidine rings is 1. The Balaban J connectivity index is 1.57. The maximum Gasteiger partial charge on any atom is 0.326 e. The van der Waals surface area contributed by atoms with Crippen LogP contribution in [0.25, 0.3) is 22.1 Å². The van der Waals surface area contributed by atoms with Gasteiger partial charge in [0.25, 0.3) is 0 Å². The molecule has 0 saturated carbocycles. The Morgan fingerprint density at radius 3 is 2.90 bits per heavy atom. The van der Waals surface area contributed by atoms with E-state index in [0.717, 1.165) is 16.5 Å². The molecule has 0 radical (unpaired) electrons. The van der Waals surface area contributed by atoms with Gasteiger partial charge in [0, 0.05) is 24.7 Å². The van der Waals surface area contributed by atoms with Crippen molar-refractivity contribution in [3.05, 3.63) is 52.7 Å². The van der Waals surface area contributed by atoms with Crippen LogP contribution in [0.2, 0.25) is 0 Å². The van der Waals surface area contributed by atoms with Crippen molar-refractivity contribution in [1.82, 2.24) is 23.8 Å². The summed E-state index contributed by atoms with van der Waals surface area (Å²) in [6, 6.07) is 6.65. The molecule has 0 amide bonds. The van der Waals surface area contributed by atoms with Gasteiger partial charge in [0.2, 0.25) is 10.0 Å². The number of nitrogens with zero attached hydrogens (tertiary/aromatic N) is 3. The first-order valence-electron chi connectivity index (χ1n) is 10.1. The van der Waals surface area contributed by atoms with Gasteiger partial charge in [-0.3, -0.25) is 4.57 Å². The largest absolute Gasteiger partial charge is 0.495 e. The number of aromatic amines is 2. The fraction of sp³-hybridized carbons (Fsp3) is 0.333. The molecule has 5 rings (SSSR count). The summed E-state index contributed by atoms with van der Waals surface area (Å²) in [5, 5.41) is 0.830. The first kappa shape index (κ1) is 19.8. The molecule has 0 bridgehead atoms. The van der Waals surface area contributed by atoms with Crippen LogP contribution < -0.4 is 10.4 Å². The summed E-state index contributed by atoms with van der Waals surface area (Å²) >= 11 is 0. The molecular weight excluding hydrogens is 418 g/mol. The first-order chi connectivity index (χ1) is 14.9. The van der Waals surface area contributed by atoms with Crippen LogP contribution in [0.3, 0.4) is 0 Å². The zero-order valence-corrected chi connectivity index (χ0v) is 18.1. The maximum absolute atomic E-state index is 13.4. The maximum atomic E-state index is 13.4. The first-order valence-corrected chi connectivity index (χ1v) is 11.6. The minimum absolute atomic E-state index is 0.143. The molecule has 4 heterocycles. The SMILES string of the molecule is COc1cc(C)ccc1S(=O)(=O)N1CCC[C@@H](n2c(=O)[nH]c3cnc4[nH]ccc4c32)C1. The van der Waals surface area contributed by atoms with Crippen LogP contribution in [0.1, 0.15) is 24.4 Å². The number of pyridine rings is 1. The Labute approximate surface area is 178 Å². The predicted molar refractivity (Wildman–Crippen MR) is 117 cm³/mol. The zero-order chi connectivity index (χ0) is 21.8. The number of benzene rings is 1. The number of H-pyrrole nitrogens is 2. The Morgan fingerprint density at radius 2 is 2.10 bits per heavy atom. The lowest BCUT2D eigenvalue weighted by Crippen LogP contribution is -2.42. The highest BCUT2D eigenvalue weighted by molar-refractivity contribution is 7.89. The summed E-state index contributed by atoms with van der Waals surface area (Å²) in [6.45, 7) is 2.49. The molecule has 1 atom stereocenters. The van der Waals surface area contributed by atoms with Gasteiger partial charge in [-0.15, -0.1) is 0 Å². The average molecular weight is 442 g/mol. The van der Waals surface area contributed by atoms with Crippen LogP contribution in [-0.4, -0.2) is 52.4 Å². The standard InChI is InChI=1S/C21H23N5O4S/c1-13-5-6-18(17(10-13)30-2)31(28,29)25-9-3-4-14(12-25)26-19-15-7-8-22-20(15)23-11-16(19)24-21(26)27/h5-8,10-11,14H,3-4,9,12H2,1-2H3,(H,22,23)(H,24,27)/t14-/m1/s1. The van der Waals surface area contributed by atoms with E-state index >= 15 is 0 Å². The highest BCUT2D eigenvalue weighted by atomic mass is 32.2. The number of aromatic nitrogens is 4. The van der Waals surface area contributed by atoms with Crippen LogP contribution in [-0.2, 0) is 10.0 Å². The molecule has 9 nitrogen and oxygen atoms in total. The second-order valence-corrected chi connectivity index (χ2v) is 9.78. The molecule has 1 aliphatic heterocycles. The minimum Gasteiger partial charge on any atom is -0.495 e. The smallest absolute Gasteiger partial charge is 0.326 e. The monoisotopic (exact) mass is 441 g/mol. The molecule has 0 spiro atoms. The summed E-state index contributed by atoms with van der Waals surface area (Å²) in [5.74, 6) is 0.325. The molecule has 1 aliphatic rings. The third-order valence-electron chi connectivity index (χ3n) is 5.92. The van der Waals surface area contributed by atoms with E-state index in [9.17, 15) is 13.2 Å². The Hall–Kier alpha value is -3.11. The summed E-state index contributed by atoms with van der Waals surface area (Å²) in [5.41, 5.74) is 2.72. The molecule has 162 valence electrons. The van der Waals surface area contributed by atoms with Gasteiger partial charge in [-0.1, -0.05) is 6.07 Å². The summed E-state index contributed by atoms with van der Waals surface area (Å²) in [4.78, 5) is 23.2. The number of hydrogen-bond donors (Lipinski definition) is 2. The molecule has 31 heavy (non-hydrogen) atoms. The van der Waals surface area contributed by atoms with Crippen molar-refractivity contribution in [2.75, 3.05) is 20.2 Å². The quantitative estimate of drug-likeness (QED) is 0.505. The van der Waals surface area contributed by atoms with Gasteiger partial charge in [0.05, 0.1) is 30.4 Å². The Bertz CT molecular complexity index is 1450. The van der Waals surface area contributed by atoms with E-state index in [1.807, 2.05) is 13.0 Å². The van der Waals surface area contributed by atoms with Gasteiger partial charge in [0.15, 0.2) is 0 Å². The number of ether oxygens (including phenoxy) is 1. The average Bonchev–Trinajstić information content (AvgIpc) is 3.36. The van der Waals surface area contributed by atoms with Gasteiger partial charge in [-0.2, -0.15) is 4.31 Å². The molecule has 1 saturated heterocycles. The fourth-order valence-electron chi connectivity index (χ4n) is 4.45. The van der Waals surface area contributed by atoms with E-state index in [-0.39, 0.29) is 23.2 Å². The van der Waals surface area contributed by atoms with Crippen LogP contribution in [0.5, 0.6) is 5.75 Å². The van der Waals surface area contributed by atoms with Crippen molar-refractivity contribution < 1.29 is 13.2 Å². The highest BCUT2D eigenvalue weighted by Crippen LogP contribution is 2.33. The van der Waals surface area contributed by atoms with Crippen molar-refractivity contribution in [1.29, 1.82) is 0 Å². The summed E-state index contributed by atoms with van der Waals surface area (Å²) in [6.07, 6.45) is 4.76. The van der Waals surface area contributed by atoms with E-state index in [0.29, 0.717) is 36.3 Å². The van der Waals surface area contributed by atoms with Crippen molar-refractivity contribution in [3.8, 4) is 5.75 Å². The topological polar surface area (TPSA) is 113 Å². The van der Waals surface area contributed by atoms with E-state index in [2.05, 4.69) is 15.0 Å². The molecule has 1 fully saturated rings. The summed E-state index contributed by atoms with van der Waals surface area (Å²) in [7, 11) is -2.31. The van der Waals surface area contributed by atoms with Crippen LogP contribution in [0.15, 0.2) is 46.3 Å². The third-order valence-corrected chi connectivity index (χ3v) is 7.83. The highest BCUT2D eigenvalue weighted by Gasteiger charge is 2.34.